The third-order valence-electron chi connectivity index (χ3n) is 3.67. The van der Waals surface area contributed by atoms with E-state index >= 15 is 0 Å². The quantitative estimate of drug-likeness (QED) is 0.923. The highest BCUT2D eigenvalue weighted by atomic mass is 35.5. The van der Waals surface area contributed by atoms with Crippen molar-refractivity contribution in [1.29, 1.82) is 5.26 Å². The molecule has 1 N–H and O–H groups in total. The van der Waals surface area contributed by atoms with Crippen LogP contribution in [0.2, 0.25) is 5.02 Å². The van der Waals surface area contributed by atoms with Crippen molar-refractivity contribution < 1.29 is 9.90 Å². The van der Waals surface area contributed by atoms with Crippen molar-refractivity contribution in [2.75, 3.05) is 18.0 Å². The summed E-state index contributed by atoms with van der Waals surface area (Å²) in [5, 5.41) is 18.1. The van der Waals surface area contributed by atoms with Gasteiger partial charge in [0.1, 0.15) is 16.9 Å². The van der Waals surface area contributed by atoms with Crippen LogP contribution in [-0.2, 0) is 4.79 Å². The number of anilines is 1. The molecule has 0 radical (unpaired) electrons. The molecule has 1 fully saturated rings. The lowest BCUT2D eigenvalue weighted by molar-refractivity contribution is -0.137. The maximum absolute atomic E-state index is 10.6. The molecule has 1 aromatic heterocycles. The fourth-order valence-electron chi connectivity index (χ4n) is 2.50. The van der Waals surface area contributed by atoms with Crippen molar-refractivity contribution in [2.45, 2.75) is 25.7 Å². The molecular weight excluding hydrogens is 278 g/mol. The molecule has 1 saturated heterocycles. The standard InChI is InChI=1S/C14H16ClN3O2/c15-13-11(9-16)3-6-17-14(13)18-7-4-10(5-8-18)1-2-12(19)20/h3,6,10H,1-2,4-5,7-8H2,(H,19,20). The molecule has 6 heteroatoms. The number of hydrogen-bond acceptors (Lipinski definition) is 4. The molecule has 0 atom stereocenters. The summed E-state index contributed by atoms with van der Waals surface area (Å²) in [5.74, 6) is 0.363. The number of hydrogen-bond donors (Lipinski definition) is 1. The van der Waals surface area contributed by atoms with E-state index in [4.69, 9.17) is 22.0 Å². The molecule has 1 aliphatic heterocycles. The zero-order chi connectivity index (χ0) is 14.5. The molecule has 1 aromatic rings. The Kier molecular flexibility index (Phi) is 4.80. The molecule has 2 rings (SSSR count). The Morgan fingerprint density at radius 3 is 2.85 bits per heavy atom. The molecule has 0 aromatic carbocycles. The van der Waals surface area contributed by atoms with E-state index in [1.54, 1.807) is 12.3 Å². The smallest absolute Gasteiger partial charge is 0.303 e. The van der Waals surface area contributed by atoms with Gasteiger partial charge < -0.3 is 10.0 Å². The average Bonchev–Trinajstić information content (AvgIpc) is 2.46. The van der Waals surface area contributed by atoms with Gasteiger partial charge in [-0.15, -0.1) is 0 Å². The van der Waals surface area contributed by atoms with E-state index in [0.717, 1.165) is 32.4 Å². The summed E-state index contributed by atoms with van der Waals surface area (Å²) >= 11 is 6.18. The number of rotatable bonds is 4. The SMILES string of the molecule is N#Cc1ccnc(N2CCC(CCC(=O)O)CC2)c1Cl. The first-order valence-electron chi connectivity index (χ1n) is 6.63. The third kappa shape index (κ3) is 3.40. The van der Waals surface area contributed by atoms with Crippen LogP contribution in [-0.4, -0.2) is 29.1 Å². The Balaban J connectivity index is 1.97. The van der Waals surface area contributed by atoms with Crippen LogP contribution in [0.25, 0.3) is 0 Å². The lowest BCUT2D eigenvalue weighted by Crippen LogP contribution is -2.34. The number of carboxylic acid groups (broad SMARTS) is 1. The lowest BCUT2D eigenvalue weighted by atomic mass is 9.92. The van der Waals surface area contributed by atoms with Crippen molar-refractivity contribution in [3.63, 3.8) is 0 Å². The summed E-state index contributed by atoms with van der Waals surface area (Å²) in [6.07, 6.45) is 4.41. The maximum atomic E-state index is 10.6. The Hall–Kier alpha value is -1.80. The largest absolute Gasteiger partial charge is 0.481 e. The van der Waals surface area contributed by atoms with Crippen LogP contribution in [0.5, 0.6) is 0 Å². The number of aromatic nitrogens is 1. The number of nitrogens with zero attached hydrogens (tertiary/aromatic N) is 3. The summed E-state index contributed by atoms with van der Waals surface area (Å²) in [6, 6.07) is 3.66. The van der Waals surface area contributed by atoms with Gasteiger partial charge in [-0.25, -0.2) is 4.98 Å². The molecule has 20 heavy (non-hydrogen) atoms. The molecule has 5 nitrogen and oxygen atoms in total. The third-order valence-corrected chi connectivity index (χ3v) is 4.04. The first-order chi connectivity index (χ1) is 9.61. The highest BCUT2D eigenvalue weighted by Crippen LogP contribution is 2.30. The van der Waals surface area contributed by atoms with Crippen LogP contribution in [0.1, 0.15) is 31.2 Å². The minimum Gasteiger partial charge on any atom is -0.481 e. The molecule has 0 amide bonds. The number of aliphatic carboxylic acids is 1. The van der Waals surface area contributed by atoms with E-state index in [0.29, 0.717) is 22.3 Å². The first kappa shape index (κ1) is 14.6. The number of piperidine rings is 1. The van der Waals surface area contributed by atoms with Gasteiger partial charge in [-0.3, -0.25) is 4.79 Å². The zero-order valence-electron chi connectivity index (χ0n) is 11.0. The topological polar surface area (TPSA) is 77.2 Å². The molecule has 2 heterocycles. The molecule has 0 aliphatic carbocycles. The first-order valence-corrected chi connectivity index (χ1v) is 7.01. The Bertz CT molecular complexity index is 534. The molecule has 0 saturated carbocycles. The van der Waals surface area contributed by atoms with Crippen LogP contribution >= 0.6 is 11.6 Å². The summed E-state index contributed by atoms with van der Waals surface area (Å²) in [4.78, 5) is 16.9. The van der Waals surface area contributed by atoms with Crippen molar-refractivity contribution in [3.05, 3.63) is 22.8 Å². The van der Waals surface area contributed by atoms with Gasteiger partial charge in [-0.1, -0.05) is 11.6 Å². The van der Waals surface area contributed by atoms with Crippen LogP contribution in [0, 0.1) is 17.2 Å². The highest BCUT2D eigenvalue weighted by molar-refractivity contribution is 6.34. The van der Waals surface area contributed by atoms with Gasteiger partial charge in [0.15, 0.2) is 0 Å². The van der Waals surface area contributed by atoms with E-state index in [9.17, 15) is 4.79 Å². The summed E-state index contributed by atoms with van der Waals surface area (Å²) in [5.41, 5.74) is 0.435. The predicted molar refractivity (Wildman–Crippen MR) is 75.8 cm³/mol. The van der Waals surface area contributed by atoms with E-state index in [1.807, 2.05) is 0 Å². The van der Waals surface area contributed by atoms with Gasteiger partial charge in [-0.2, -0.15) is 5.26 Å². The second-order valence-corrected chi connectivity index (χ2v) is 5.35. The minimum absolute atomic E-state index is 0.230. The fraction of sp³-hybridized carbons (Fsp3) is 0.500. The van der Waals surface area contributed by atoms with Crippen LogP contribution in [0.15, 0.2) is 12.3 Å². The van der Waals surface area contributed by atoms with Gasteiger partial charge in [-0.05, 0) is 31.2 Å². The highest BCUT2D eigenvalue weighted by Gasteiger charge is 2.22. The van der Waals surface area contributed by atoms with Gasteiger partial charge in [0.25, 0.3) is 0 Å². The van der Waals surface area contributed by atoms with E-state index in [1.165, 1.54) is 0 Å². The summed E-state index contributed by atoms with van der Waals surface area (Å²) in [6.45, 7) is 1.60. The van der Waals surface area contributed by atoms with Crippen LogP contribution in [0.3, 0.4) is 0 Å². The lowest BCUT2D eigenvalue weighted by Gasteiger charge is -2.33. The minimum atomic E-state index is -0.737. The van der Waals surface area contributed by atoms with Gasteiger partial charge in [0.2, 0.25) is 0 Å². The number of halogens is 1. The second-order valence-electron chi connectivity index (χ2n) is 4.97. The van der Waals surface area contributed by atoms with E-state index < -0.39 is 5.97 Å². The van der Waals surface area contributed by atoms with Crippen molar-refractivity contribution in [2.24, 2.45) is 5.92 Å². The Morgan fingerprint density at radius 1 is 1.55 bits per heavy atom. The monoisotopic (exact) mass is 293 g/mol. The van der Waals surface area contributed by atoms with Crippen molar-refractivity contribution in [1.82, 2.24) is 4.98 Å². The van der Waals surface area contributed by atoms with Gasteiger partial charge >= 0.3 is 5.97 Å². The van der Waals surface area contributed by atoms with E-state index in [-0.39, 0.29) is 6.42 Å². The predicted octanol–water partition coefficient (Wildman–Crippen LogP) is 2.69. The van der Waals surface area contributed by atoms with Crippen molar-refractivity contribution in [3.8, 4) is 6.07 Å². The molecule has 0 spiro atoms. The zero-order valence-corrected chi connectivity index (χ0v) is 11.8. The Labute approximate surface area is 122 Å². The summed E-state index contributed by atoms with van der Waals surface area (Å²) < 4.78 is 0. The van der Waals surface area contributed by atoms with Crippen LogP contribution < -0.4 is 4.90 Å². The number of pyridine rings is 1. The van der Waals surface area contributed by atoms with Crippen LogP contribution in [0.4, 0.5) is 5.82 Å². The fourth-order valence-corrected chi connectivity index (χ4v) is 2.77. The molecule has 0 unspecified atom stereocenters. The molecular formula is C14H16ClN3O2. The van der Waals surface area contributed by atoms with Gasteiger partial charge in [0.05, 0.1) is 5.56 Å². The number of carboxylic acids is 1. The summed E-state index contributed by atoms with van der Waals surface area (Å²) in [7, 11) is 0. The molecule has 0 bridgehead atoms. The number of nitriles is 1. The Morgan fingerprint density at radius 2 is 2.25 bits per heavy atom. The molecule has 1 aliphatic rings. The number of carbonyl (C=O) groups is 1. The van der Waals surface area contributed by atoms with Crippen molar-refractivity contribution >= 4 is 23.4 Å². The average molecular weight is 294 g/mol. The van der Waals surface area contributed by atoms with Gasteiger partial charge in [0, 0.05) is 25.7 Å². The maximum Gasteiger partial charge on any atom is 0.303 e. The second kappa shape index (κ2) is 6.58. The normalized spacial score (nSPS) is 15.9. The molecule has 106 valence electrons. The van der Waals surface area contributed by atoms with E-state index in [2.05, 4.69) is 16.0 Å².